The number of aromatic nitrogens is 6. The highest BCUT2D eigenvalue weighted by molar-refractivity contribution is 7.11. The molecule has 32 heavy (non-hydrogen) atoms. The molecule has 7 nitrogen and oxygen atoms in total. The molecule has 0 fully saturated rings. The van der Waals surface area contributed by atoms with E-state index in [-0.39, 0.29) is 5.13 Å². The monoisotopic (exact) mass is 441 g/mol. The van der Waals surface area contributed by atoms with Crippen molar-refractivity contribution in [2.24, 2.45) is 5.73 Å². The third-order valence-electron chi connectivity index (χ3n) is 5.36. The molecular formula is C23H16FN7S. The third kappa shape index (κ3) is 3.10. The fraction of sp³-hybridized carbons (Fsp3) is 0.0435. The molecule has 0 atom stereocenters. The molecule has 1 aliphatic carbocycles. The molecule has 1 aromatic carbocycles. The van der Waals surface area contributed by atoms with E-state index in [9.17, 15) is 4.39 Å². The molecule has 4 N–H and O–H groups in total. The number of rotatable bonds is 3. The van der Waals surface area contributed by atoms with Gasteiger partial charge < -0.3 is 10.7 Å². The van der Waals surface area contributed by atoms with Crippen LogP contribution in [0.3, 0.4) is 0 Å². The number of benzene rings is 1. The standard InChI is InChI=1S/C23H16FN7S/c24-20-6-5-19(32-20)14-3-2-13(25)10-17-21(14)29-23(28-17)22-15-9-12(1-4-16(15)30-31-22)18-11-26-7-8-27-18/h1-9,11H,10,25H2,(H,28,29)(H,30,31). The summed E-state index contributed by atoms with van der Waals surface area (Å²) in [6.07, 6.45) is 9.29. The van der Waals surface area contributed by atoms with Crippen molar-refractivity contribution >= 4 is 27.8 Å². The number of thiophene rings is 1. The van der Waals surface area contributed by atoms with Gasteiger partial charge in [-0.05, 0) is 36.4 Å². The lowest BCUT2D eigenvalue weighted by Gasteiger charge is -2.02. The lowest BCUT2D eigenvalue weighted by Crippen LogP contribution is -2.01. The smallest absolute Gasteiger partial charge is 0.176 e. The highest BCUT2D eigenvalue weighted by atomic mass is 32.1. The molecule has 0 saturated carbocycles. The highest BCUT2D eigenvalue weighted by Crippen LogP contribution is 2.35. The van der Waals surface area contributed by atoms with Crippen LogP contribution in [-0.2, 0) is 6.42 Å². The zero-order valence-electron chi connectivity index (χ0n) is 16.6. The van der Waals surface area contributed by atoms with Gasteiger partial charge in [-0.2, -0.15) is 9.49 Å². The van der Waals surface area contributed by atoms with Crippen LogP contribution in [-0.4, -0.2) is 30.1 Å². The average Bonchev–Trinajstić information content (AvgIpc) is 3.51. The molecule has 5 aromatic rings. The number of nitrogens with zero attached hydrogens (tertiary/aromatic N) is 4. The van der Waals surface area contributed by atoms with Gasteiger partial charge in [0.1, 0.15) is 5.69 Å². The first-order valence-corrected chi connectivity index (χ1v) is 10.7. The Morgan fingerprint density at radius 2 is 2.00 bits per heavy atom. The van der Waals surface area contributed by atoms with Crippen LogP contribution in [0.4, 0.5) is 4.39 Å². The van der Waals surface area contributed by atoms with Gasteiger partial charge in [0.05, 0.1) is 23.1 Å². The molecule has 0 radical (unpaired) electrons. The van der Waals surface area contributed by atoms with E-state index in [0.29, 0.717) is 23.6 Å². The number of H-pyrrole nitrogens is 2. The summed E-state index contributed by atoms with van der Waals surface area (Å²) in [7, 11) is 0. The summed E-state index contributed by atoms with van der Waals surface area (Å²) in [6, 6.07) is 9.18. The molecule has 9 heteroatoms. The van der Waals surface area contributed by atoms with Crippen molar-refractivity contribution in [1.29, 1.82) is 0 Å². The number of hydrogen-bond acceptors (Lipinski definition) is 6. The second-order valence-electron chi connectivity index (χ2n) is 7.44. The van der Waals surface area contributed by atoms with E-state index in [1.165, 1.54) is 6.07 Å². The van der Waals surface area contributed by atoms with E-state index < -0.39 is 0 Å². The van der Waals surface area contributed by atoms with Crippen LogP contribution < -0.4 is 5.73 Å². The van der Waals surface area contributed by atoms with Crippen LogP contribution in [0.15, 0.2) is 66.8 Å². The predicted molar refractivity (Wildman–Crippen MR) is 122 cm³/mol. The summed E-state index contributed by atoms with van der Waals surface area (Å²) in [6.45, 7) is 0. The predicted octanol–water partition coefficient (Wildman–Crippen LogP) is 4.44. The van der Waals surface area contributed by atoms with Gasteiger partial charge in [-0.1, -0.05) is 6.07 Å². The maximum atomic E-state index is 13.7. The SMILES string of the molecule is NC1=CC=C(c2ccc(F)s2)c2nc(-c3n[nH]c4ccc(-c5cnccn5)cc34)[nH]c2C1. The van der Waals surface area contributed by atoms with Crippen molar-refractivity contribution < 1.29 is 4.39 Å². The van der Waals surface area contributed by atoms with Crippen LogP contribution in [0.25, 0.3) is 39.3 Å². The fourth-order valence-corrected chi connectivity index (χ4v) is 4.62. The number of fused-ring (bicyclic) bond motifs is 2. The molecule has 1 aliphatic rings. The van der Waals surface area contributed by atoms with E-state index in [1.807, 2.05) is 30.4 Å². The van der Waals surface area contributed by atoms with E-state index >= 15 is 0 Å². The van der Waals surface area contributed by atoms with Crippen LogP contribution in [0, 0.1) is 5.13 Å². The minimum absolute atomic E-state index is 0.241. The summed E-state index contributed by atoms with van der Waals surface area (Å²) in [5.74, 6) is 0.621. The Balaban J connectivity index is 1.49. The van der Waals surface area contributed by atoms with Crippen molar-refractivity contribution in [3.8, 4) is 22.8 Å². The highest BCUT2D eigenvalue weighted by Gasteiger charge is 2.22. The number of nitrogens with one attached hydrogen (secondary N) is 2. The Morgan fingerprint density at radius 1 is 1.06 bits per heavy atom. The second kappa shape index (κ2) is 7.24. The fourth-order valence-electron chi connectivity index (χ4n) is 3.86. The molecule has 0 spiro atoms. The first-order chi connectivity index (χ1) is 15.7. The summed E-state index contributed by atoms with van der Waals surface area (Å²) >= 11 is 1.08. The Labute approximate surface area is 185 Å². The average molecular weight is 441 g/mol. The number of hydrogen-bond donors (Lipinski definition) is 3. The largest absolute Gasteiger partial charge is 0.402 e. The van der Waals surface area contributed by atoms with Crippen LogP contribution in [0.2, 0.25) is 0 Å². The van der Waals surface area contributed by atoms with Gasteiger partial charge in [-0.25, -0.2) is 4.98 Å². The molecule has 0 amide bonds. The molecular weight excluding hydrogens is 425 g/mol. The third-order valence-corrected chi connectivity index (χ3v) is 6.27. The van der Waals surface area contributed by atoms with Crippen molar-refractivity contribution in [3.05, 3.63) is 88.2 Å². The Kier molecular flexibility index (Phi) is 4.22. The quantitative estimate of drug-likeness (QED) is 0.383. The number of allylic oxidation sites excluding steroid dienone is 3. The number of nitrogens with two attached hydrogens (primary N) is 1. The molecule has 6 rings (SSSR count). The minimum Gasteiger partial charge on any atom is -0.402 e. The van der Waals surface area contributed by atoms with Gasteiger partial charge in [-0.3, -0.25) is 15.1 Å². The Morgan fingerprint density at radius 3 is 2.81 bits per heavy atom. The van der Waals surface area contributed by atoms with Crippen molar-refractivity contribution in [3.63, 3.8) is 0 Å². The van der Waals surface area contributed by atoms with Gasteiger partial charge in [0, 0.05) is 51.6 Å². The van der Waals surface area contributed by atoms with Gasteiger partial charge in [0.15, 0.2) is 11.0 Å². The zero-order chi connectivity index (χ0) is 21.7. The zero-order valence-corrected chi connectivity index (χ0v) is 17.4. The summed E-state index contributed by atoms with van der Waals surface area (Å²) in [5, 5.41) is 8.25. The topological polar surface area (TPSA) is 109 Å². The molecule has 0 aliphatic heterocycles. The first-order valence-electron chi connectivity index (χ1n) is 9.92. The summed E-state index contributed by atoms with van der Waals surface area (Å²) in [5.41, 5.74) is 12.6. The normalized spacial score (nSPS) is 13.5. The van der Waals surface area contributed by atoms with E-state index in [4.69, 9.17) is 10.7 Å². The maximum absolute atomic E-state index is 13.7. The molecule has 156 valence electrons. The first kappa shape index (κ1) is 18.6. The van der Waals surface area contributed by atoms with Crippen molar-refractivity contribution in [2.75, 3.05) is 0 Å². The van der Waals surface area contributed by atoms with Crippen molar-refractivity contribution in [2.45, 2.75) is 6.42 Å². The minimum atomic E-state index is -0.241. The van der Waals surface area contributed by atoms with Gasteiger partial charge in [0.25, 0.3) is 0 Å². The molecule has 0 unspecified atom stereocenters. The maximum Gasteiger partial charge on any atom is 0.176 e. The molecule has 4 aromatic heterocycles. The Bertz CT molecular complexity index is 1520. The summed E-state index contributed by atoms with van der Waals surface area (Å²) in [4.78, 5) is 17.6. The van der Waals surface area contributed by atoms with Crippen LogP contribution in [0.5, 0.6) is 0 Å². The molecule has 0 saturated heterocycles. The van der Waals surface area contributed by atoms with Gasteiger partial charge in [-0.15, -0.1) is 11.3 Å². The van der Waals surface area contributed by atoms with E-state index in [2.05, 4.69) is 25.1 Å². The molecule has 0 bridgehead atoms. The number of halogens is 1. The summed E-state index contributed by atoms with van der Waals surface area (Å²) < 4.78 is 13.7. The van der Waals surface area contributed by atoms with Crippen LogP contribution >= 0.6 is 11.3 Å². The molecule has 4 heterocycles. The lowest BCUT2D eigenvalue weighted by molar-refractivity contribution is 0.657. The van der Waals surface area contributed by atoms with Gasteiger partial charge >= 0.3 is 0 Å². The van der Waals surface area contributed by atoms with Crippen molar-refractivity contribution in [1.82, 2.24) is 30.1 Å². The number of aromatic amines is 2. The number of imidazole rings is 1. The Hall–Kier alpha value is -4.11. The second-order valence-corrected chi connectivity index (χ2v) is 8.47. The van der Waals surface area contributed by atoms with Gasteiger partial charge in [0.2, 0.25) is 0 Å². The lowest BCUT2D eigenvalue weighted by atomic mass is 10.1. The van der Waals surface area contributed by atoms with Crippen LogP contribution in [0.1, 0.15) is 16.3 Å². The van der Waals surface area contributed by atoms with E-state index in [0.717, 1.165) is 55.3 Å². The van der Waals surface area contributed by atoms with E-state index in [1.54, 1.807) is 24.7 Å².